The molecule has 0 bridgehead atoms. The van der Waals surface area contributed by atoms with E-state index < -0.39 is 15.6 Å². The second-order valence-corrected chi connectivity index (χ2v) is 8.36. The Morgan fingerprint density at radius 1 is 1.09 bits per heavy atom. The van der Waals surface area contributed by atoms with Crippen molar-refractivity contribution in [2.24, 2.45) is 0 Å². The highest BCUT2D eigenvalue weighted by Gasteiger charge is 2.52. The molecular formula is C13H22N4O4S. The van der Waals surface area contributed by atoms with Gasteiger partial charge in [-0.3, -0.25) is 9.69 Å². The zero-order chi connectivity index (χ0) is 16.0. The minimum atomic E-state index is -3.17. The molecule has 3 fully saturated rings. The van der Waals surface area contributed by atoms with Gasteiger partial charge in [0, 0.05) is 26.2 Å². The van der Waals surface area contributed by atoms with Crippen molar-refractivity contribution >= 4 is 22.0 Å². The largest absolute Gasteiger partial charge is 0.326 e. The summed E-state index contributed by atoms with van der Waals surface area (Å²) in [5.41, 5.74) is -0.675. The Kier molecular flexibility index (Phi) is 3.90. The summed E-state index contributed by atoms with van der Waals surface area (Å²) in [6, 6.07) is -0.322. The molecule has 3 amide bonds. The van der Waals surface area contributed by atoms with Gasteiger partial charge >= 0.3 is 6.03 Å². The normalized spacial score (nSPS) is 26.9. The predicted molar refractivity (Wildman–Crippen MR) is 79.4 cm³/mol. The number of amides is 3. The van der Waals surface area contributed by atoms with Crippen molar-refractivity contribution in [3.63, 3.8) is 0 Å². The molecular weight excluding hydrogens is 308 g/mol. The highest BCUT2D eigenvalue weighted by Crippen LogP contribution is 2.35. The second kappa shape index (κ2) is 5.47. The summed E-state index contributed by atoms with van der Waals surface area (Å²) < 4.78 is 24.4. The zero-order valence-electron chi connectivity index (χ0n) is 12.7. The van der Waals surface area contributed by atoms with Gasteiger partial charge < -0.3 is 5.32 Å². The third kappa shape index (κ3) is 2.72. The van der Waals surface area contributed by atoms with Crippen LogP contribution in [0.2, 0.25) is 0 Å². The van der Waals surface area contributed by atoms with Crippen LogP contribution < -0.4 is 5.32 Å². The molecule has 3 aliphatic rings. The number of sulfonamides is 1. The van der Waals surface area contributed by atoms with E-state index in [9.17, 15) is 18.0 Å². The number of hydrogen-bond donors (Lipinski definition) is 1. The van der Waals surface area contributed by atoms with E-state index in [1.54, 1.807) is 0 Å². The van der Waals surface area contributed by atoms with Gasteiger partial charge in [-0.25, -0.2) is 18.1 Å². The molecule has 2 heterocycles. The third-order valence-electron chi connectivity index (χ3n) is 4.84. The Labute approximate surface area is 130 Å². The molecule has 2 aliphatic heterocycles. The first-order valence-corrected chi connectivity index (χ1v) is 9.48. The van der Waals surface area contributed by atoms with E-state index in [4.69, 9.17) is 0 Å². The number of carbonyl (C=O) groups is 2. The fraction of sp³-hybridized carbons (Fsp3) is 0.846. The topological polar surface area (TPSA) is 90.0 Å². The molecule has 0 unspecified atom stereocenters. The van der Waals surface area contributed by atoms with Gasteiger partial charge in [-0.05, 0) is 12.8 Å². The van der Waals surface area contributed by atoms with E-state index in [0.717, 1.165) is 25.7 Å². The highest BCUT2D eigenvalue weighted by molar-refractivity contribution is 7.88. The number of nitrogens with one attached hydrogen (secondary N) is 1. The molecule has 1 saturated carbocycles. The molecule has 0 aromatic heterocycles. The minimum absolute atomic E-state index is 0.124. The third-order valence-corrected chi connectivity index (χ3v) is 6.15. The Balaban J connectivity index is 1.60. The van der Waals surface area contributed by atoms with E-state index in [1.165, 1.54) is 15.5 Å². The Morgan fingerprint density at radius 2 is 1.68 bits per heavy atom. The molecule has 0 atom stereocenters. The summed E-state index contributed by atoms with van der Waals surface area (Å²) in [4.78, 5) is 27.9. The number of nitrogens with zero attached hydrogens (tertiary/aromatic N) is 3. The van der Waals surface area contributed by atoms with E-state index in [0.29, 0.717) is 26.2 Å². The van der Waals surface area contributed by atoms with Crippen molar-refractivity contribution in [1.29, 1.82) is 0 Å². The first-order chi connectivity index (χ1) is 10.3. The first-order valence-electron chi connectivity index (χ1n) is 7.63. The van der Waals surface area contributed by atoms with E-state index >= 15 is 0 Å². The van der Waals surface area contributed by atoms with Crippen LogP contribution in [0.15, 0.2) is 0 Å². The summed E-state index contributed by atoms with van der Waals surface area (Å²) in [5.74, 6) is -0.124. The van der Waals surface area contributed by atoms with Gasteiger partial charge in [0.25, 0.3) is 5.91 Å². The van der Waals surface area contributed by atoms with Crippen LogP contribution in [0.3, 0.4) is 0 Å². The lowest BCUT2D eigenvalue weighted by Gasteiger charge is -2.34. The molecule has 8 nitrogen and oxygen atoms in total. The zero-order valence-corrected chi connectivity index (χ0v) is 13.6. The Hall–Kier alpha value is -1.19. The van der Waals surface area contributed by atoms with Gasteiger partial charge in [-0.2, -0.15) is 4.31 Å². The van der Waals surface area contributed by atoms with Crippen LogP contribution in [-0.2, 0) is 14.8 Å². The van der Waals surface area contributed by atoms with Gasteiger partial charge in [-0.1, -0.05) is 12.8 Å². The fourth-order valence-electron chi connectivity index (χ4n) is 3.52. The molecule has 22 heavy (non-hydrogen) atoms. The average molecular weight is 330 g/mol. The maximum atomic E-state index is 12.5. The summed E-state index contributed by atoms with van der Waals surface area (Å²) in [6.45, 7) is 2.08. The summed E-state index contributed by atoms with van der Waals surface area (Å²) >= 11 is 0. The smallest absolute Gasteiger partial charge is 0.323 e. The maximum Gasteiger partial charge on any atom is 0.326 e. The van der Waals surface area contributed by atoms with Crippen LogP contribution in [0.5, 0.6) is 0 Å². The first kappa shape index (κ1) is 15.7. The number of urea groups is 1. The van der Waals surface area contributed by atoms with Gasteiger partial charge in [0.15, 0.2) is 0 Å². The van der Waals surface area contributed by atoms with Crippen LogP contribution in [0.25, 0.3) is 0 Å². The van der Waals surface area contributed by atoms with Gasteiger partial charge in [-0.15, -0.1) is 0 Å². The van der Waals surface area contributed by atoms with Crippen LogP contribution in [0.1, 0.15) is 25.7 Å². The Morgan fingerprint density at radius 3 is 2.23 bits per heavy atom. The molecule has 0 radical (unpaired) electrons. The van der Waals surface area contributed by atoms with Crippen molar-refractivity contribution < 1.29 is 18.0 Å². The van der Waals surface area contributed by atoms with E-state index in [1.807, 2.05) is 4.90 Å². The molecule has 2 saturated heterocycles. The summed E-state index contributed by atoms with van der Waals surface area (Å²) in [6.07, 6.45) is 4.57. The van der Waals surface area contributed by atoms with Crippen molar-refractivity contribution in [1.82, 2.24) is 19.4 Å². The van der Waals surface area contributed by atoms with Crippen LogP contribution >= 0.6 is 0 Å². The SMILES string of the molecule is CS(=O)(=O)N1CCN(CN2C(=O)NC3(CCCC3)C2=O)CC1. The van der Waals surface area contributed by atoms with Crippen molar-refractivity contribution in [3.8, 4) is 0 Å². The molecule has 124 valence electrons. The monoisotopic (exact) mass is 330 g/mol. The lowest BCUT2D eigenvalue weighted by molar-refractivity contribution is -0.132. The van der Waals surface area contributed by atoms with Crippen LogP contribution in [0.4, 0.5) is 4.79 Å². The maximum absolute atomic E-state index is 12.5. The standard InChI is InChI=1S/C13H22N4O4S/c1-22(20,21)16-8-6-15(7-9-16)10-17-11(18)13(14-12(17)19)4-2-3-5-13/h2-10H2,1H3,(H,14,19). The van der Waals surface area contributed by atoms with Crippen LogP contribution in [-0.4, -0.2) is 79.1 Å². The number of rotatable bonds is 3. The molecule has 0 aromatic carbocycles. The predicted octanol–water partition coefficient (Wildman–Crippen LogP) is -0.614. The fourth-order valence-corrected chi connectivity index (χ4v) is 4.35. The highest BCUT2D eigenvalue weighted by atomic mass is 32.2. The summed E-state index contributed by atoms with van der Waals surface area (Å²) in [7, 11) is -3.17. The van der Waals surface area contributed by atoms with Gasteiger partial charge in [0.1, 0.15) is 5.54 Å². The molecule has 3 rings (SSSR count). The second-order valence-electron chi connectivity index (χ2n) is 6.37. The number of carbonyl (C=O) groups excluding carboxylic acids is 2. The minimum Gasteiger partial charge on any atom is -0.323 e. The number of hydrogen-bond acceptors (Lipinski definition) is 5. The lowest BCUT2D eigenvalue weighted by atomic mass is 9.98. The van der Waals surface area contributed by atoms with E-state index in [-0.39, 0.29) is 18.6 Å². The van der Waals surface area contributed by atoms with Crippen molar-refractivity contribution in [2.45, 2.75) is 31.2 Å². The average Bonchev–Trinajstić information content (AvgIpc) is 3.00. The lowest BCUT2D eigenvalue weighted by Crippen LogP contribution is -2.52. The van der Waals surface area contributed by atoms with Crippen molar-refractivity contribution in [3.05, 3.63) is 0 Å². The van der Waals surface area contributed by atoms with Gasteiger partial charge in [0.05, 0.1) is 12.9 Å². The van der Waals surface area contributed by atoms with Gasteiger partial charge in [0.2, 0.25) is 10.0 Å². The number of imide groups is 1. The summed E-state index contributed by atoms with van der Waals surface area (Å²) in [5, 5.41) is 2.86. The quantitative estimate of drug-likeness (QED) is 0.697. The molecule has 9 heteroatoms. The molecule has 1 spiro atoms. The van der Waals surface area contributed by atoms with Crippen molar-refractivity contribution in [2.75, 3.05) is 39.1 Å². The molecule has 1 N–H and O–H groups in total. The van der Waals surface area contributed by atoms with Crippen LogP contribution in [0, 0.1) is 0 Å². The number of piperazine rings is 1. The Bertz CT molecular complexity index is 577. The van der Waals surface area contributed by atoms with E-state index in [2.05, 4.69) is 5.32 Å². The molecule has 0 aromatic rings. The molecule has 1 aliphatic carbocycles.